The molecule has 1 aromatic heterocycles. The number of esters is 1. The summed E-state index contributed by atoms with van der Waals surface area (Å²) >= 11 is 0. The lowest BCUT2D eigenvalue weighted by molar-refractivity contribution is -0.332. The molecule has 0 bridgehead atoms. The van der Waals surface area contributed by atoms with Crippen molar-refractivity contribution in [1.82, 2.24) is 9.55 Å². The number of hydrogen-bond acceptors (Lipinski definition) is 9. The number of carbonyl (C=O) groups excluding carboxylic acids is 1. The van der Waals surface area contributed by atoms with Crippen LogP contribution >= 0.6 is 0 Å². The van der Waals surface area contributed by atoms with Gasteiger partial charge in [-0.25, -0.2) is 9.59 Å². The molecule has 0 spiro atoms. The lowest BCUT2D eigenvalue weighted by Gasteiger charge is -2.42. The van der Waals surface area contributed by atoms with Crippen molar-refractivity contribution < 1.29 is 33.2 Å². The van der Waals surface area contributed by atoms with Crippen LogP contribution in [0.4, 0.5) is 0 Å². The first-order valence-corrected chi connectivity index (χ1v) is 11.9. The van der Waals surface area contributed by atoms with Gasteiger partial charge in [0, 0.05) is 11.8 Å². The molecular weight excluding hydrogens is 472 g/mol. The fraction of sp³-hybridized carbons (Fsp3) is 0.560. The summed E-state index contributed by atoms with van der Waals surface area (Å²) in [6.45, 7) is 8.77. The quantitative estimate of drug-likeness (QED) is 0.623. The summed E-state index contributed by atoms with van der Waals surface area (Å²) in [7, 11) is 0. The van der Waals surface area contributed by atoms with Gasteiger partial charge in [-0.3, -0.25) is 14.3 Å². The Morgan fingerprint density at radius 2 is 1.67 bits per heavy atom. The molecule has 6 atom stereocenters. The van der Waals surface area contributed by atoms with Gasteiger partial charge in [-0.05, 0) is 46.8 Å². The maximum atomic E-state index is 13.2. The SMILES string of the molecule is Cc1cn(C2OC3COC(C)(C)O[C@@H]3C3OC(C)(C)O[C@H]3C2OC(=O)c2ccccc2)c(=O)[nH]c1=O. The zero-order valence-electron chi connectivity index (χ0n) is 20.8. The molecule has 1 aromatic carbocycles. The molecule has 4 heterocycles. The third kappa shape index (κ3) is 4.64. The van der Waals surface area contributed by atoms with E-state index in [1.807, 2.05) is 0 Å². The molecule has 2 aromatic rings. The van der Waals surface area contributed by atoms with E-state index in [2.05, 4.69) is 4.98 Å². The molecule has 3 aliphatic rings. The number of fused-ring (bicyclic) bond motifs is 3. The van der Waals surface area contributed by atoms with Crippen LogP contribution in [0, 0.1) is 6.92 Å². The average molecular weight is 503 g/mol. The van der Waals surface area contributed by atoms with Gasteiger partial charge in [0.2, 0.25) is 0 Å². The number of aromatic amines is 1. The zero-order chi connectivity index (χ0) is 25.8. The normalized spacial score (nSPS) is 32.7. The van der Waals surface area contributed by atoms with E-state index < -0.39 is 65.5 Å². The molecule has 1 N–H and O–H groups in total. The van der Waals surface area contributed by atoms with Crippen molar-refractivity contribution in [2.45, 2.75) is 82.9 Å². The van der Waals surface area contributed by atoms with Crippen LogP contribution in [0.3, 0.4) is 0 Å². The van der Waals surface area contributed by atoms with Gasteiger partial charge in [-0.2, -0.15) is 0 Å². The van der Waals surface area contributed by atoms with Crippen LogP contribution in [-0.4, -0.2) is 64.2 Å². The van der Waals surface area contributed by atoms with Crippen LogP contribution in [0.15, 0.2) is 46.1 Å². The predicted molar refractivity (Wildman–Crippen MR) is 124 cm³/mol. The highest BCUT2D eigenvalue weighted by molar-refractivity contribution is 5.89. The molecule has 11 heteroatoms. The molecule has 3 saturated heterocycles. The summed E-state index contributed by atoms with van der Waals surface area (Å²) in [6.07, 6.45) is -3.83. The Hall–Kier alpha value is -2.83. The zero-order valence-corrected chi connectivity index (χ0v) is 20.8. The van der Waals surface area contributed by atoms with Crippen molar-refractivity contribution >= 4 is 5.97 Å². The lowest BCUT2D eigenvalue weighted by Crippen LogP contribution is -2.55. The number of rotatable bonds is 3. The minimum Gasteiger partial charge on any atom is -0.451 e. The van der Waals surface area contributed by atoms with Crippen LogP contribution in [0.25, 0.3) is 0 Å². The minimum absolute atomic E-state index is 0.137. The monoisotopic (exact) mass is 502 g/mol. The number of ether oxygens (including phenoxy) is 6. The summed E-state index contributed by atoms with van der Waals surface area (Å²) in [5.41, 5.74) is -0.642. The lowest BCUT2D eigenvalue weighted by atomic mass is 9.99. The van der Waals surface area contributed by atoms with Gasteiger partial charge in [-0.1, -0.05) is 18.2 Å². The first kappa shape index (κ1) is 24.8. The second kappa shape index (κ2) is 8.93. The predicted octanol–water partition coefficient (Wildman–Crippen LogP) is 1.64. The van der Waals surface area contributed by atoms with E-state index >= 15 is 0 Å². The molecule has 0 saturated carbocycles. The van der Waals surface area contributed by atoms with Crippen molar-refractivity contribution in [3.63, 3.8) is 0 Å². The van der Waals surface area contributed by atoms with E-state index in [4.69, 9.17) is 28.4 Å². The number of aryl methyl sites for hydroxylation is 1. The molecule has 11 nitrogen and oxygen atoms in total. The van der Waals surface area contributed by atoms with Gasteiger partial charge in [0.1, 0.15) is 24.4 Å². The third-order valence-corrected chi connectivity index (χ3v) is 6.46. The van der Waals surface area contributed by atoms with Crippen molar-refractivity contribution in [2.75, 3.05) is 6.61 Å². The number of hydrogen-bond donors (Lipinski definition) is 1. The highest BCUT2D eigenvalue weighted by atomic mass is 16.8. The van der Waals surface area contributed by atoms with Crippen LogP contribution in [-0.2, 0) is 28.4 Å². The first-order chi connectivity index (χ1) is 16.9. The van der Waals surface area contributed by atoms with Crippen molar-refractivity contribution in [2.24, 2.45) is 0 Å². The highest BCUT2D eigenvalue weighted by Crippen LogP contribution is 2.44. The average Bonchev–Trinajstić information content (AvgIpc) is 3.09. The number of nitrogens with zero attached hydrogens (tertiary/aromatic N) is 1. The summed E-state index contributed by atoms with van der Waals surface area (Å²) in [5.74, 6) is -2.58. The molecule has 36 heavy (non-hydrogen) atoms. The molecule has 3 aliphatic heterocycles. The summed E-state index contributed by atoms with van der Waals surface area (Å²) in [4.78, 5) is 40.5. The summed E-state index contributed by atoms with van der Waals surface area (Å²) in [6, 6.07) is 8.47. The van der Waals surface area contributed by atoms with Crippen molar-refractivity contribution in [1.29, 1.82) is 0 Å². The Morgan fingerprint density at radius 3 is 2.39 bits per heavy atom. The van der Waals surface area contributed by atoms with E-state index in [9.17, 15) is 14.4 Å². The van der Waals surface area contributed by atoms with Gasteiger partial charge in [0.05, 0.1) is 12.2 Å². The molecule has 0 amide bonds. The topological polar surface area (TPSA) is 127 Å². The maximum absolute atomic E-state index is 13.2. The summed E-state index contributed by atoms with van der Waals surface area (Å²) < 4.78 is 38.1. The molecule has 5 rings (SSSR count). The van der Waals surface area contributed by atoms with Gasteiger partial charge >= 0.3 is 11.7 Å². The Labute approximate surface area is 207 Å². The van der Waals surface area contributed by atoms with E-state index in [1.54, 1.807) is 65.0 Å². The first-order valence-electron chi connectivity index (χ1n) is 11.9. The Balaban J connectivity index is 1.63. The Kier molecular flexibility index (Phi) is 6.16. The molecular formula is C25H30N2O9. The fourth-order valence-electron chi connectivity index (χ4n) is 4.84. The number of benzene rings is 1. The Morgan fingerprint density at radius 1 is 1.00 bits per heavy atom. The van der Waals surface area contributed by atoms with Crippen molar-refractivity contribution in [3.05, 3.63) is 68.5 Å². The van der Waals surface area contributed by atoms with Gasteiger partial charge < -0.3 is 28.4 Å². The van der Waals surface area contributed by atoms with Gasteiger partial charge in [-0.15, -0.1) is 0 Å². The number of H-pyrrole nitrogens is 1. The molecule has 3 fully saturated rings. The smallest absolute Gasteiger partial charge is 0.338 e. The second-order valence-corrected chi connectivity index (χ2v) is 10.1. The minimum atomic E-state index is -1.17. The highest BCUT2D eigenvalue weighted by Gasteiger charge is 2.60. The largest absolute Gasteiger partial charge is 0.451 e. The molecule has 0 radical (unpaired) electrons. The van der Waals surface area contributed by atoms with Gasteiger partial charge in [0.15, 0.2) is 23.9 Å². The fourth-order valence-corrected chi connectivity index (χ4v) is 4.84. The van der Waals surface area contributed by atoms with E-state index in [0.29, 0.717) is 5.56 Å². The third-order valence-electron chi connectivity index (χ3n) is 6.46. The van der Waals surface area contributed by atoms with Crippen LogP contribution in [0.2, 0.25) is 0 Å². The Bertz CT molecular complexity index is 1250. The van der Waals surface area contributed by atoms with Crippen molar-refractivity contribution in [3.8, 4) is 0 Å². The van der Waals surface area contributed by atoms with E-state index in [0.717, 1.165) is 0 Å². The van der Waals surface area contributed by atoms with Gasteiger partial charge in [0.25, 0.3) is 5.56 Å². The second-order valence-electron chi connectivity index (χ2n) is 10.1. The van der Waals surface area contributed by atoms with E-state index in [-0.39, 0.29) is 12.2 Å². The summed E-state index contributed by atoms with van der Waals surface area (Å²) in [5, 5.41) is 0. The maximum Gasteiger partial charge on any atom is 0.338 e. The number of aromatic nitrogens is 2. The molecule has 4 unspecified atom stereocenters. The molecule has 194 valence electrons. The standard InChI is InChI=1S/C25H30N2O9/c1-13-11-27(23(30)26-20(13)28)21-19(33-22(29)14-9-7-6-8-10-14)18-17(35-25(4,5)36-18)16-15(32-21)12-31-24(2,3)34-16/h6-11,15-19,21H,12H2,1-5H3,(H,26,28,30)/t15?,16-,17?,18+,19?,21?/m0/s1. The number of nitrogens with one attached hydrogen (secondary N) is 1. The van der Waals surface area contributed by atoms with E-state index in [1.165, 1.54) is 10.8 Å². The number of carbonyl (C=O) groups is 1. The van der Waals surface area contributed by atoms with Crippen LogP contribution in [0.5, 0.6) is 0 Å². The molecule has 0 aliphatic carbocycles. The van der Waals surface area contributed by atoms with Crippen LogP contribution < -0.4 is 11.2 Å². The van der Waals surface area contributed by atoms with Crippen LogP contribution in [0.1, 0.15) is 49.8 Å².